The van der Waals surface area contributed by atoms with E-state index in [1.165, 1.54) is 17.0 Å². The van der Waals surface area contributed by atoms with Gasteiger partial charge in [-0.25, -0.2) is 0 Å². The van der Waals surface area contributed by atoms with Crippen LogP contribution in [0.1, 0.15) is 31.1 Å². The smallest absolute Gasteiger partial charge is 0.282 e. The maximum atomic E-state index is 12.5. The van der Waals surface area contributed by atoms with Gasteiger partial charge in [0.15, 0.2) is 0 Å². The van der Waals surface area contributed by atoms with Gasteiger partial charge >= 0.3 is 0 Å². The van der Waals surface area contributed by atoms with Crippen LogP contribution in [-0.2, 0) is 0 Å². The molecule has 0 aromatic heterocycles. The number of hydrogen-bond acceptors (Lipinski definition) is 5. The SMILES string of the molecule is CCN(CC(C)(C)O)C(=O)c1cc(NC)ccc1[N+](=O)[O-]. The third-order valence-electron chi connectivity index (χ3n) is 2.96. The molecule has 0 saturated heterocycles. The van der Waals surface area contributed by atoms with Crippen LogP contribution in [0.15, 0.2) is 18.2 Å². The summed E-state index contributed by atoms with van der Waals surface area (Å²) in [6.07, 6.45) is 0. The predicted octanol–water partition coefficient (Wildman–Crippen LogP) is 1.87. The molecule has 7 nitrogen and oxygen atoms in total. The predicted molar refractivity (Wildman–Crippen MR) is 80.5 cm³/mol. The first kappa shape index (κ1) is 16.9. The third-order valence-corrected chi connectivity index (χ3v) is 2.96. The van der Waals surface area contributed by atoms with E-state index in [1.807, 2.05) is 0 Å². The Kier molecular flexibility index (Phi) is 5.26. The number of nitrogens with zero attached hydrogens (tertiary/aromatic N) is 2. The van der Waals surface area contributed by atoms with Gasteiger partial charge in [-0.05, 0) is 32.9 Å². The number of carbonyl (C=O) groups excluding carboxylic acids is 1. The van der Waals surface area contributed by atoms with Gasteiger partial charge in [0.2, 0.25) is 0 Å². The average Bonchev–Trinajstić information content (AvgIpc) is 2.42. The lowest BCUT2D eigenvalue weighted by atomic mass is 10.1. The van der Waals surface area contributed by atoms with Crippen molar-refractivity contribution in [1.82, 2.24) is 4.90 Å². The fraction of sp³-hybridized carbons (Fsp3) is 0.500. The second kappa shape index (κ2) is 6.53. The Balaban J connectivity index is 3.22. The van der Waals surface area contributed by atoms with E-state index in [9.17, 15) is 20.0 Å². The lowest BCUT2D eigenvalue weighted by molar-refractivity contribution is -0.385. The van der Waals surface area contributed by atoms with Gasteiger partial charge in [0.05, 0.1) is 10.5 Å². The van der Waals surface area contributed by atoms with E-state index in [4.69, 9.17) is 0 Å². The van der Waals surface area contributed by atoms with Gasteiger partial charge in [-0.1, -0.05) is 0 Å². The number of amides is 1. The van der Waals surface area contributed by atoms with Crippen molar-refractivity contribution in [3.8, 4) is 0 Å². The number of carbonyl (C=O) groups is 1. The van der Waals surface area contributed by atoms with Crippen LogP contribution in [0.3, 0.4) is 0 Å². The van der Waals surface area contributed by atoms with Crippen LogP contribution in [0.25, 0.3) is 0 Å². The van der Waals surface area contributed by atoms with Crippen molar-refractivity contribution in [2.75, 3.05) is 25.5 Å². The highest BCUT2D eigenvalue weighted by molar-refractivity contribution is 5.99. The molecule has 0 aliphatic rings. The summed E-state index contributed by atoms with van der Waals surface area (Å²) in [5.41, 5.74) is -0.685. The molecule has 0 fully saturated rings. The van der Waals surface area contributed by atoms with Crippen LogP contribution in [0.4, 0.5) is 11.4 Å². The molecule has 1 rings (SSSR count). The summed E-state index contributed by atoms with van der Waals surface area (Å²) in [5.74, 6) is -0.469. The van der Waals surface area contributed by atoms with E-state index in [1.54, 1.807) is 33.9 Å². The molecule has 0 spiro atoms. The summed E-state index contributed by atoms with van der Waals surface area (Å²) >= 11 is 0. The zero-order chi connectivity index (χ0) is 16.2. The third kappa shape index (κ3) is 4.42. The summed E-state index contributed by atoms with van der Waals surface area (Å²) < 4.78 is 0. The zero-order valence-corrected chi connectivity index (χ0v) is 12.7. The molecule has 0 aliphatic heterocycles. The van der Waals surface area contributed by atoms with E-state index in [0.29, 0.717) is 12.2 Å². The van der Waals surface area contributed by atoms with Crippen LogP contribution >= 0.6 is 0 Å². The number of nitrogens with one attached hydrogen (secondary N) is 1. The molecule has 1 aromatic rings. The maximum absolute atomic E-state index is 12.5. The molecule has 21 heavy (non-hydrogen) atoms. The van der Waals surface area contributed by atoms with Crippen molar-refractivity contribution in [3.05, 3.63) is 33.9 Å². The standard InChI is InChI=1S/C14H21N3O4/c1-5-16(9-14(2,3)19)13(18)11-8-10(15-4)6-7-12(11)17(20)21/h6-8,15,19H,5,9H2,1-4H3. The van der Waals surface area contributed by atoms with E-state index < -0.39 is 16.4 Å². The van der Waals surface area contributed by atoms with Crippen molar-refractivity contribution >= 4 is 17.3 Å². The van der Waals surface area contributed by atoms with Crippen molar-refractivity contribution < 1.29 is 14.8 Å². The quantitative estimate of drug-likeness (QED) is 0.617. The summed E-state index contributed by atoms with van der Waals surface area (Å²) in [5, 5.41) is 23.8. The highest BCUT2D eigenvalue weighted by atomic mass is 16.6. The maximum Gasteiger partial charge on any atom is 0.282 e. The number of nitro benzene ring substituents is 1. The first-order chi connectivity index (χ1) is 9.69. The second-order valence-electron chi connectivity index (χ2n) is 5.37. The van der Waals surface area contributed by atoms with Crippen molar-refractivity contribution in [2.24, 2.45) is 0 Å². The number of nitro groups is 1. The van der Waals surface area contributed by atoms with E-state index in [2.05, 4.69) is 5.32 Å². The van der Waals surface area contributed by atoms with Gasteiger partial charge in [0, 0.05) is 31.9 Å². The Labute approximate surface area is 123 Å². The number of rotatable bonds is 6. The van der Waals surface area contributed by atoms with E-state index in [0.717, 1.165) is 0 Å². The fourth-order valence-corrected chi connectivity index (χ4v) is 1.99. The number of aliphatic hydroxyl groups is 1. The Morgan fingerprint density at radius 2 is 2.10 bits per heavy atom. The summed E-state index contributed by atoms with van der Waals surface area (Å²) in [6, 6.07) is 4.30. The van der Waals surface area contributed by atoms with Gasteiger partial charge in [0.25, 0.3) is 11.6 Å². The minimum atomic E-state index is -1.07. The molecule has 2 N–H and O–H groups in total. The summed E-state index contributed by atoms with van der Waals surface area (Å²) in [7, 11) is 1.67. The van der Waals surface area contributed by atoms with Crippen LogP contribution < -0.4 is 5.32 Å². The molecule has 0 saturated carbocycles. The molecule has 116 valence electrons. The van der Waals surface area contributed by atoms with Gasteiger partial charge in [-0.3, -0.25) is 14.9 Å². The molecule has 0 bridgehead atoms. The summed E-state index contributed by atoms with van der Waals surface area (Å²) in [4.78, 5) is 24.4. The van der Waals surface area contributed by atoms with Crippen molar-refractivity contribution in [1.29, 1.82) is 0 Å². The van der Waals surface area contributed by atoms with Gasteiger partial charge in [0.1, 0.15) is 5.56 Å². The van der Waals surface area contributed by atoms with E-state index >= 15 is 0 Å². The highest BCUT2D eigenvalue weighted by Gasteiger charge is 2.27. The van der Waals surface area contributed by atoms with Crippen LogP contribution in [0, 0.1) is 10.1 Å². The topological polar surface area (TPSA) is 95.7 Å². The minimum Gasteiger partial charge on any atom is -0.389 e. The van der Waals surface area contributed by atoms with E-state index in [-0.39, 0.29) is 17.8 Å². The van der Waals surface area contributed by atoms with Crippen LogP contribution in [-0.4, -0.2) is 46.6 Å². The largest absolute Gasteiger partial charge is 0.389 e. The fourth-order valence-electron chi connectivity index (χ4n) is 1.99. The molecule has 7 heteroatoms. The lowest BCUT2D eigenvalue weighted by Gasteiger charge is -2.28. The number of likely N-dealkylation sites (N-methyl/N-ethyl adjacent to an activating group) is 1. The number of benzene rings is 1. The lowest BCUT2D eigenvalue weighted by Crippen LogP contribution is -2.42. The minimum absolute atomic E-state index is 0.0120. The van der Waals surface area contributed by atoms with Crippen LogP contribution in [0.2, 0.25) is 0 Å². The van der Waals surface area contributed by atoms with Crippen LogP contribution in [0.5, 0.6) is 0 Å². The first-order valence-electron chi connectivity index (χ1n) is 6.67. The molecule has 1 amide bonds. The van der Waals surface area contributed by atoms with Gasteiger partial charge < -0.3 is 15.3 Å². The highest BCUT2D eigenvalue weighted by Crippen LogP contribution is 2.24. The summed E-state index contributed by atoms with van der Waals surface area (Å²) in [6.45, 7) is 5.38. The first-order valence-corrected chi connectivity index (χ1v) is 6.67. The number of anilines is 1. The Hall–Kier alpha value is -2.15. The molecule has 1 aromatic carbocycles. The molecule has 0 unspecified atom stereocenters. The Morgan fingerprint density at radius 1 is 1.48 bits per heavy atom. The van der Waals surface area contributed by atoms with Crippen molar-refractivity contribution in [3.63, 3.8) is 0 Å². The molecular formula is C14H21N3O4. The molecule has 0 aliphatic carbocycles. The Bertz CT molecular complexity index is 538. The molecule has 0 atom stereocenters. The molecule has 0 radical (unpaired) electrons. The van der Waals surface area contributed by atoms with Gasteiger partial charge in [-0.2, -0.15) is 0 Å². The molecular weight excluding hydrogens is 274 g/mol. The molecule has 0 heterocycles. The normalized spacial score (nSPS) is 11.1. The average molecular weight is 295 g/mol. The second-order valence-corrected chi connectivity index (χ2v) is 5.37. The zero-order valence-electron chi connectivity index (χ0n) is 12.7. The van der Waals surface area contributed by atoms with Crippen molar-refractivity contribution in [2.45, 2.75) is 26.4 Å². The number of hydrogen-bond donors (Lipinski definition) is 2. The monoisotopic (exact) mass is 295 g/mol. The van der Waals surface area contributed by atoms with Gasteiger partial charge in [-0.15, -0.1) is 0 Å². The Morgan fingerprint density at radius 3 is 2.52 bits per heavy atom.